The fourth-order valence-corrected chi connectivity index (χ4v) is 5.87. The zero-order chi connectivity index (χ0) is 22.9. The van der Waals surface area contributed by atoms with Gasteiger partial charge in [0.25, 0.3) is 0 Å². The van der Waals surface area contributed by atoms with E-state index in [0.29, 0.717) is 5.56 Å². The molecule has 1 aliphatic rings. The van der Waals surface area contributed by atoms with Gasteiger partial charge in [-0.25, -0.2) is 12.8 Å². The fourth-order valence-electron chi connectivity index (χ4n) is 4.00. The van der Waals surface area contributed by atoms with Crippen LogP contribution in [0.4, 0.5) is 4.39 Å². The Balaban J connectivity index is 1.67. The summed E-state index contributed by atoms with van der Waals surface area (Å²) in [7, 11) is -3.92. The van der Waals surface area contributed by atoms with Crippen LogP contribution in [0, 0.1) is 19.7 Å². The van der Waals surface area contributed by atoms with Crippen molar-refractivity contribution in [2.24, 2.45) is 0 Å². The lowest BCUT2D eigenvalue weighted by Gasteiger charge is -2.35. The van der Waals surface area contributed by atoms with Crippen LogP contribution in [0.15, 0.2) is 71.6 Å². The third-order valence-corrected chi connectivity index (χ3v) is 7.82. The standard InChI is InChI=1S/C25H25FN2O3S/c1-17-7-8-18(2)24(13-17)32(30,31)28-16-21-6-4-3-5-20(21)14-23(28)25(29)27-15-19-9-11-22(26)12-10-19/h3-13,23H,14-16H2,1-2H3,(H,27,29)/t23-/m1/s1. The van der Waals surface area contributed by atoms with Gasteiger partial charge in [0, 0.05) is 13.1 Å². The number of fused-ring (bicyclic) bond motifs is 1. The first-order valence-electron chi connectivity index (χ1n) is 10.4. The minimum absolute atomic E-state index is 0.126. The molecule has 3 aromatic rings. The SMILES string of the molecule is Cc1ccc(C)c(S(=O)(=O)N2Cc3ccccc3C[C@@H]2C(=O)NCc2ccc(F)cc2)c1. The average molecular weight is 453 g/mol. The maximum absolute atomic E-state index is 13.7. The molecule has 1 atom stereocenters. The van der Waals surface area contributed by atoms with Crippen LogP contribution in [-0.4, -0.2) is 24.7 Å². The molecule has 1 N–H and O–H groups in total. The molecule has 0 saturated carbocycles. The number of halogens is 1. The molecule has 1 aliphatic heterocycles. The summed E-state index contributed by atoms with van der Waals surface area (Å²) in [5, 5.41) is 2.83. The van der Waals surface area contributed by atoms with Gasteiger partial charge in [-0.2, -0.15) is 4.31 Å². The molecule has 32 heavy (non-hydrogen) atoms. The number of hydrogen-bond donors (Lipinski definition) is 1. The van der Waals surface area contributed by atoms with Gasteiger partial charge in [0.2, 0.25) is 15.9 Å². The summed E-state index contributed by atoms with van der Waals surface area (Å²) in [5.41, 5.74) is 4.06. The second-order valence-electron chi connectivity index (χ2n) is 8.15. The number of benzene rings is 3. The van der Waals surface area contributed by atoms with Gasteiger partial charge >= 0.3 is 0 Å². The summed E-state index contributed by atoms with van der Waals surface area (Å²) in [6.07, 6.45) is 0.287. The van der Waals surface area contributed by atoms with Crippen LogP contribution in [0.3, 0.4) is 0 Å². The lowest BCUT2D eigenvalue weighted by molar-refractivity contribution is -0.125. The molecule has 0 spiro atoms. The lowest BCUT2D eigenvalue weighted by Crippen LogP contribution is -2.52. The van der Waals surface area contributed by atoms with Crippen LogP contribution in [0.25, 0.3) is 0 Å². The average Bonchev–Trinajstić information content (AvgIpc) is 2.79. The van der Waals surface area contributed by atoms with E-state index in [-0.39, 0.29) is 36.1 Å². The Hall–Kier alpha value is -3.03. The zero-order valence-electron chi connectivity index (χ0n) is 18.0. The molecule has 0 bridgehead atoms. The van der Waals surface area contributed by atoms with Crippen molar-refractivity contribution >= 4 is 15.9 Å². The molecule has 0 saturated heterocycles. The Kier molecular flexibility index (Phi) is 6.13. The van der Waals surface area contributed by atoms with E-state index in [1.807, 2.05) is 37.3 Å². The number of aryl methyl sites for hydroxylation is 2. The van der Waals surface area contributed by atoms with Gasteiger partial charge in [0.05, 0.1) is 4.90 Å². The summed E-state index contributed by atoms with van der Waals surface area (Å²) in [6.45, 7) is 3.92. The topological polar surface area (TPSA) is 66.5 Å². The third-order valence-electron chi connectivity index (χ3n) is 5.82. The number of amides is 1. The van der Waals surface area contributed by atoms with E-state index < -0.39 is 16.1 Å². The zero-order valence-corrected chi connectivity index (χ0v) is 18.8. The molecule has 4 rings (SSSR count). The summed E-state index contributed by atoms with van der Waals surface area (Å²) in [5.74, 6) is -0.729. The summed E-state index contributed by atoms with van der Waals surface area (Å²) in [4.78, 5) is 13.4. The van der Waals surface area contributed by atoms with Crippen molar-refractivity contribution < 1.29 is 17.6 Å². The molecule has 1 heterocycles. The number of carbonyl (C=O) groups is 1. The molecular formula is C25H25FN2O3S. The van der Waals surface area contributed by atoms with Gasteiger partial charge < -0.3 is 5.32 Å². The number of carbonyl (C=O) groups excluding carboxylic acids is 1. The second kappa shape index (κ2) is 8.84. The van der Waals surface area contributed by atoms with E-state index in [9.17, 15) is 17.6 Å². The van der Waals surface area contributed by atoms with Crippen LogP contribution in [-0.2, 0) is 34.3 Å². The molecular weight excluding hydrogens is 427 g/mol. The van der Waals surface area contributed by atoms with Crippen molar-refractivity contribution in [3.05, 3.63) is 100 Å². The maximum Gasteiger partial charge on any atom is 0.244 e. The highest BCUT2D eigenvalue weighted by atomic mass is 32.2. The number of sulfonamides is 1. The van der Waals surface area contributed by atoms with E-state index in [0.717, 1.165) is 22.3 Å². The number of rotatable bonds is 5. The molecule has 0 fully saturated rings. The molecule has 0 unspecified atom stereocenters. The Morgan fingerprint density at radius 2 is 1.72 bits per heavy atom. The third kappa shape index (κ3) is 4.45. The Bertz CT molecular complexity index is 1260. The number of nitrogens with one attached hydrogen (secondary N) is 1. The molecule has 0 radical (unpaired) electrons. The monoisotopic (exact) mass is 452 g/mol. The van der Waals surface area contributed by atoms with Crippen molar-refractivity contribution in [1.29, 1.82) is 0 Å². The fraction of sp³-hybridized carbons (Fsp3) is 0.240. The largest absolute Gasteiger partial charge is 0.351 e. The highest BCUT2D eigenvalue weighted by Gasteiger charge is 2.40. The van der Waals surface area contributed by atoms with Crippen molar-refractivity contribution in [2.75, 3.05) is 0 Å². The molecule has 0 aliphatic carbocycles. The minimum Gasteiger partial charge on any atom is -0.351 e. The summed E-state index contributed by atoms with van der Waals surface area (Å²) in [6, 6.07) is 17.9. The molecule has 1 amide bonds. The van der Waals surface area contributed by atoms with Crippen LogP contribution < -0.4 is 5.32 Å². The summed E-state index contributed by atoms with van der Waals surface area (Å²) < 4.78 is 41.9. The lowest BCUT2D eigenvalue weighted by atomic mass is 9.95. The first-order valence-corrected chi connectivity index (χ1v) is 11.9. The van der Waals surface area contributed by atoms with E-state index in [1.165, 1.54) is 16.4 Å². The van der Waals surface area contributed by atoms with Crippen molar-refractivity contribution in [3.8, 4) is 0 Å². The van der Waals surface area contributed by atoms with Crippen LogP contribution >= 0.6 is 0 Å². The molecule has 7 heteroatoms. The van der Waals surface area contributed by atoms with Gasteiger partial charge in [-0.3, -0.25) is 4.79 Å². The summed E-state index contributed by atoms with van der Waals surface area (Å²) >= 11 is 0. The first-order chi connectivity index (χ1) is 15.3. The smallest absolute Gasteiger partial charge is 0.244 e. The predicted molar refractivity (Wildman–Crippen MR) is 121 cm³/mol. The molecule has 166 valence electrons. The van der Waals surface area contributed by atoms with Gasteiger partial charge in [-0.1, -0.05) is 48.5 Å². The van der Waals surface area contributed by atoms with Crippen molar-refractivity contribution in [1.82, 2.24) is 9.62 Å². The predicted octanol–water partition coefficient (Wildman–Crippen LogP) is 3.87. The van der Waals surface area contributed by atoms with Gasteiger partial charge in [-0.05, 0) is 66.3 Å². The van der Waals surface area contributed by atoms with Crippen LogP contribution in [0.1, 0.15) is 27.8 Å². The van der Waals surface area contributed by atoms with Crippen LogP contribution in [0.2, 0.25) is 0 Å². The second-order valence-corrected chi connectivity index (χ2v) is 10.0. The normalized spacial score (nSPS) is 16.4. The van der Waals surface area contributed by atoms with Crippen molar-refractivity contribution in [3.63, 3.8) is 0 Å². The number of nitrogens with zero attached hydrogens (tertiary/aromatic N) is 1. The van der Waals surface area contributed by atoms with Gasteiger partial charge in [0.15, 0.2) is 0 Å². The molecule has 3 aromatic carbocycles. The highest BCUT2D eigenvalue weighted by Crippen LogP contribution is 2.31. The van der Waals surface area contributed by atoms with Gasteiger partial charge in [0.1, 0.15) is 11.9 Å². The van der Waals surface area contributed by atoms with E-state index in [4.69, 9.17) is 0 Å². The highest BCUT2D eigenvalue weighted by molar-refractivity contribution is 7.89. The Morgan fingerprint density at radius 1 is 1.03 bits per heavy atom. The number of hydrogen-bond acceptors (Lipinski definition) is 3. The Morgan fingerprint density at radius 3 is 2.44 bits per heavy atom. The van der Waals surface area contributed by atoms with Gasteiger partial charge in [-0.15, -0.1) is 0 Å². The van der Waals surface area contributed by atoms with E-state index in [1.54, 1.807) is 31.2 Å². The Labute approximate surface area is 187 Å². The van der Waals surface area contributed by atoms with E-state index >= 15 is 0 Å². The molecule has 5 nitrogen and oxygen atoms in total. The minimum atomic E-state index is -3.92. The maximum atomic E-state index is 13.7. The van der Waals surface area contributed by atoms with Crippen molar-refractivity contribution in [2.45, 2.75) is 44.3 Å². The first kappa shape index (κ1) is 22.2. The van der Waals surface area contributed by atoms with Crippen LogP contribution in [0.5, 0.6) is 0 Å². The van der Waals surface area contributed by atoms with E-state index in [2.05, 4.69) is 5.32 Å². The quantitative estimate of drug-likeness (QED) is 0.639. The molecule has 0 aromatic heterocycles.